The summed E-state index contributed by atoms with van der Waals surface area (Å²) in [5.74, 6) is 1.81. The topological polar surface area (TPSA) is 46.9 Å². The number of nitrogens with zero attached hydrogens (tertiary/aromatic N) is 2. The molecule has 5 aromatic rings. The second-order valence-corrected chi connectivity index (χ2v) is 11.1. The van der Waals surface area contributed by atoms with Crippen molar-refractivity contribution in [1.29, 1.82) is 0 Å². The Morgan fingerprint density at radius 1 is 0.780 bits per heavy atom. The second kappa shape index (κ2) is 13.9. The molecule has 0 saturated carbocycles. The zero-order valence-corrected chi connectivity index (χ0v) is 24.4. The van der Waals surface area contributed by atoms with Gasteiger partial charge in [0.2, 0.25) is 5.91 Å². The highest BCUT2D eigenvalue weighted by Crippen LogP contribution is 2.23. The van der Waals surface area contributed by atoms with Crippen molar-refractivity contribution < 1.29 is 4.79 Å². The van der Waals surface area contributed by atoms with Crippen LogP contribution in [0.15, 0.2) is 103 Å². The number of benzene rings is 4. The first-order chi connectivity index (χ1) is 20.1. The Hall–Kier alpha value is -4.18. The molecule has 4 aromatic carbocycles. The van der Waals surface area contributed by atoms with Gasteiger partial charge in [-0.05, 0) is 65.1 Å². The molecule has 41 heavy (non-hydrogen) atoms. The molecule has 4 nitrogen and oxygen atoms in total. The van der Waals surface area contributed by atoms with E-state index in [1.165, 1.54) is 27.8 Å². The van der Waals surface area contributed by atoms with Crippen molar-refractivity contribution in [3.05, 3.63) is 126 Å². The zero-order chi connectivity index (χ0) is 28.4. The van der Waals surface area contributed by atoms with Crippen molar-refractivity contribution in [3.8, 4) is 11.1 Å². The summed E-state index contributed by atoms with van der Waals surface area (Å²) in [6, 6.07) is 36.1. The van der Waals surface area contributed by atoms with E-state index in [1.54, 1.807) is 0 Å². The molecule has 0 aliphatic rings. The van der Waals surface area contributed by atoms with Gasteiger partial charge in [0.25, 0.3) is 0 Å². The fraction of sp³-hybridized carbons (Fsp3) is 0.297. The summed E-state index contributed by atoms with van der Waals surface area (Å²) >= 11 is 0. The van der Waals surface area contributed by atoms with Gasteiger partial charge in [-0.1, -0.05) is 111 Å². The Kier molecular flexibility index (Phi) is 9.64. The van der Waals surface area contributed by atoms with Crippen molar-refractivity contribution in [1.82, 2.24) is 14.9 Å². The Morgan fingerprint density at radius 2 is 1.46 bits per heavy atom. The number of imidazole rings is 1. The highest BCUT2D eigenvalue weighted by atomic mass is 16.1. The van der Waals surface area contributed by atoms with Crippen LogP contribution in [0, 0.1) is 0 Å². The molecule has 4 heteroatoms. The molecular formula is C37H41N3O. The van der Waals surface area contributed by atoms with Crippen LogP contribution >= 0.6 is 0 Å². The monoisotopic (exact) mass is 543 g/mol. The molecule has 0 aliphatic carbocycles. The number of aromatic nitrogens is 2. The van der Waals surface area contributed by atoms with Gasteiger partial charge in [0, 0.05) is 19.5 Å². The number of aryl methyl sites for hydroxylation is 1. The largest absolute Gasteiger partial charge is 0.356 e. The number of rotatable bonds is 13. The molecule has 1 atom stereocenters. The minimum absolute atomic E-state index is 0.0820. The van der Waals surface area contributed by atoms with Gasteiger partial charge >= 0.3 is 0 Å². The van der Waals surface area contributed by atoms with Crippen LogP contribution in [0.4, 0.5) is 0 Å². The second-order valence-electron chi connectivity index (χ2n) is 11.1. The predicted molar refractivity (Wildman–Crippen MR) is 170 cm³/mol. The molecule has 1 N–H and O–H groups in total. The van der Waals surface area contributed by atoms with Crippen molar-refractivity contribution in [2.24, 2.45) is 0 Å². The van der Waals surface area contributed by atoms with Crippen LogP contribution in [0.5, 0.6) is 0 Å². The average molecular weight is 544 g/mol. The van der Waals surface area contributed by atoms with Crippen molar-refractivity contribution in [2.75, 3.05) is 6.54 Å². The molecule has 210 valence electrons. The minimum atomic E-state index is 0.0820. The van der Waals surface area contributed by atoms with E-state index < -0.39 is 0 Å². The van der Waals surface area contributed by atoms with Crippen LogP contribution in [0.3, 0.4) is 0 Å². The van der Waals surface area contributed by atoms with Crippen molar-refractivity contribution in [3.63, 3.8) is 0 Å². The zero-order valence-electron chi connectivity index (χ0n) is 24.4. The lowest BCUT2D eigenvalue weighted by atomic mass is 9.97. The minimum Gasteiger partial charge on any atom is -0.356 e. The molecule has 0 saturated heterocycles. The molecular weight excluding hydrogens is 502 g/mol. The van der Waals surface area contributed by atoms with E-state index in [9.17, 15) is 4.79 Å². The molecule has 0 radical (unpaired) electrons. The van der Waals surface area contributed by atoms with Crippen LogP contribution < -0.4 is 5.32 Å². The Balaban J connectivity index is 1.09. The van der Waals surface area contributed by atoms with Crippen LogP contribution in [0.25, 0.3) is 22.2 Å². The van der Waals surface area contributed by atoms with Gasteiger partial charge in [0.05, 0.1) is 17.5 Å². The van der Waals surface area contributed by atoms with Gasteiger partial charge in [-0.15, -0.1) is 0 Å². The third kappa shape index (κ3) is 7.52. The maximum atomic E-state index is 12.5. The van der Waals surface area contributed by atoms with E-state index in [0.29, 0.717) is 18.9 Å². The Bertz CT molecular complexity index is 1540. The number of hydrogen-bond donors (Lipinski definition) is 1. The highest BCUT2D eigenvalue weighted by molar-refractivity contribution is 5.79. The van der Waals surface area contributed by atoms with Gasteiger partial charge in [0.15, 0.2) is 0 Å². The summed E-state index contributed by atoms with van der Waals surface area (Å²) in [6.07, 6.45) is 5.57. The summed E-state index contributed by atoms with van der Waals surface area (Å²) < 4.78 is 2.37. The van der Waals surface area contributed by atoms with Gasteiger partial charge in [-0.25, -0.2) is 4.98 Å². The van der Waals surface area contributed by atoms with E-state index in [1.807, 2.05) is 30.3 Å². The van der Waals surface area contributed by atoms with Gasteiger partial charge in [-0.2, -0.15) is 0 Å². The number of para-hydroxylation sites is 2. The number of carbonyl (C=O) groups excluding carboxylic acids is 1. The molecule has 0 bridgehead atoms. The SMILES string of the molecule is CCC(C)c1ccc(Cn2c(CCCCCNC(=O)Cc3ccc(-c4ccccc4)cc3)nc3ccccc32)cc1. The third-order valence-electron chi connectivity index (χ3n) is 8.06. The quantitative estimate of drug-likeness (QED) is 0.152. The molecule has 1 unspecified atom stereocenters. The molecule has 5 rings (SSSR count). The lowest BCUT2D eigenvalue weighted by molar-refractivity contribution is -0.120. The summed E-state index contributed by atoms with van der Waals surface area (Å²) in [4.78, 5) is 17.5. The van der Waals surface area contributed by atoms with Crippen LogP contribution in [0.2, 0.25) is 0 Å². The summed E-state index contributed by atoms with van der Waals surface area (Å²) in [7, 11) is 0. The van der Waals surface area contributed by atoms with E-state index in [-0.39, 0.29) is 5.91 Å². The van der Waals surface area contributed by atoms with Gasteiger partial charge < -0.3 is 9.88 Å². The van der Waals surface area contributed by atoms with E-state index in [2.05, 4.69) is 96.5 Å². The Labute approximate surface area is 244 Å². The van der Waals surface area contributed by atoms with Gasteiger partial charge in [0.1, 0.15) is 5.82 Å². The standard InChI is InChI=1S/C37H41N3O/c1-3-28(2)31-21-19-30(20-22-31)27-40-35-15-10-9-14-34(35)39-36(40)16-8-5-11-25-38-37(41)26-29-17-23-33(24-18-29)32-12-6-4-7-13-32/h4,6-7,9-10,12-15,17-24,28H,3,5,8,11,16,25-27H2,1-2H3,(H,38,41). The average Bonchev–Trinajstić information content (AvgIpc) is 3.36. The molecule has 1 heterocycles. The van der Waals surface area contributed by atoms with E-state index in [4.69, 9.17) is 4.98 Å². The molecule has 1 amide bonds. The number of hydrogen-bond acceptors (Lipinski definition) is 2. The summed E-state index contributed by atoms with van der Waals surface area (Å²) in [5, 5.41) is 3.10. The number of fused-ring (bicyclic) bond motifs is 1. The molecule has 1 aromatic heterocycles. The molecule has 0 aliphatic heterocycles. The fourth-order valence-corrected chi connectivity index (χ4v) is 5.37. The first-order valence-corrected chi connectivity index (χ1v) is 15.0. The number of nitrogens with one attached hydrogen (secondary N) is 1. The van der Waals surface area contributed by atoms with Gasteiger partial charge in [-0.3, -0.25) is 4.79 Å². The lowest BCUT2D eigenvalue weighted by Gasteiger charge is -2.12. The number of unbranched alkanes of at least 4 members (excludes halogenated alkanes) is 2. The first kappa shape index (κ1) is 28.4. The first-order valence-electron chi connectivity index (χ1n) is 15.0. The number of carbonyl (C=O) groups is 1. The summed E-state index contributed by atoms with van der Waals surface area (Å²) in [6.45, 7) is 6.06. The van der Waals surface area contributed by atoms with Crippen molar-refractivity contribution in [2.45, 2.75) is 64.8 Å². The van der Waals surface area contributed by atoms with Crippen LogP contribution in [-0.4, -0.2) is 22.0 Å². The number of amides is 1. The highest BCUT2D eigenvalue weighted by Gasteiger charge is 2.12. The predicted octanol–water partition coefficient (Wildman–Crippen LogP) is 8.34. The van der Waals surface area contributed by atoms with E-state index >= 15 is 0 Å². The van der Waals surface area contributed by atoms with E-state index in [0.717, 1.165) is 55.6 Å². The maximum absolute atomic E-state index is 12.5. The Morgan fingerprint density at radius 3 is 2.22 bits per heavy atom. The third-order valence-corrected chi connectivity index (χ3v) is 8.06. The fourth-order valence-electron chi connectivity index (χ4n) is 5.37. The lowest BCUT2D eigenvalue weighted by Crippen LogP contribution is -2.26. The maximum Gasteiger partial charge on any atom is 0.224 e. The van der Waals surface area contributed by atoms with Crippen LogP contribution in [0.1, 0.15) is 68.0 Å². The smallest absolute Gasteiger partial charge is 0.224 e. The molecule has 0 spiro atoms. The van der Waals surface area contributed by atoms with Crippen molar-refractivity contribution >= 4 is 16.9 Å². The molecule has 0 fully saturated rings. The van der Waals surface area contributed by atoms with Crippen LogP contribution in [-0.2, 0) is 24.2 Å². The summed E-state index contributed by atoms with van der Waals surface area (Å²) in [5.41, 5.74) is 8.35. The normalized spacial score (nSPS) is 12.0.